The van der Waals surface area contributed by atoms with Gasteiger partial charge in [-0.1, -0.05) is 29.3 Å². The van der Waals surface area contributed by atoms with Crippen molar-refractivity contribution in [1.82, 2.24) is 14.8 Å². The topological polar surface area (TPSA) is 59.8 Å². The standard InChI is InChI=1S/C21H18Cl2N4OS/c1-11-8-12(2)25-21-18(11)13(3)19(29-21)20(28)26-17-6-7-24-27(17)10-14-4-5-15(22)9-16(14)23/h4-9H,10H2,1-3H3,(H,26,28). The fourth-order valence-electron chi connectivity index (χ4n) is 3.39. The quantitative estimate of drug-likeness (QED) is 0.418. The number of carbonyl (C=O) groups is 1. The molecule has 0 atom stereocenters. The van der Waals surface area contributed by atoms with E-state index in [-0.39, 0.29) is 5.91 Å². The zero-order valence-corrected chi connectivity index (χ0v) is 18.4. The van der Waals surface area contributed by atoms with Crippen LogP contribution >= 0.6 is 34.5 Å². The Morgan fingerprint density at radius 1 is 1.17 bits per heavy atom. The predicted octanol–water partition coefficient (Wildman–Crippen LogP) is 6.03. The lowest BCUT2D eigenvalue weighted by Gasteiger charge is -2.10. The van der Waals surface area contributed by atoms with E-state index in [0.717, 1.165) is 32.6 Å². The second-order valence-corrected chi connectivity index (χ2v) is 8.72. The van der Waals surface area contributed by atoms with Crippen molar-refractivity contribution in [2.75, 3.05) is 5.32 Å². The van der Waals surface area contributed by atoms with E-state index in [1.165, 1.54) is 11.3 Å². The molecule has 148 valence electrons. The van der Waals surface area contributed by atoms with Crippen LogP contribution in [0.3, 0.4) is 0 Å². The highest BCUT2D eigenvalue weighted by atomic mass is 35.5. The lowest BCUT2D eigenvalue weighted by Crippen LogP contribution is -2.16. The van der Waals surface area contributed by atoms with Gasteiger partial charge in [0.1, 0.15) is 10.6 Å². The maximum absolute atomic E-state index is 13.0. The summed E-state index contributed by atoms with van der Waals surface area (Å²) in [6.07, 6.45) is 1.65. The van der Waals surface area contributed by atoms with Crippen LogP contribution in [0.2, 0.25) is 10.0 Å². The molecule has 0 saturated heterocycles. The summed E-state index contributed by atoms with van der Waals surface area (Å²) in [6, 6.07) is 9.12. The number of anilines is 1. The summed E-state index contributed by atoms with van der Waals surface area (Å²) in [7, 11) is 0. The van der Waals surface area contributed by atoms with Crippen LogP contribution in [0, 0.1) is 20.8 Å². The molecular formula is C21H18Cl2N4OS. The highest BCUT2D eigenvalue weighted by Crippen LogP contribution is 2.33. The number of fused-ring (bicyclic) bond motifs is 1. The van der Waals surface area contributed by atoms with Crippen LogP contribution in [0.4, 0.5) is 5.82 Å². The molecule has 1 amide bonds. The van der Waals surface area contributed by atoms with Gasteiger partial charge in [0.2, 0.25) is 0 Å². The van der Waals surface area contributed by atoms with Crippen molar-refractivity contribution in [1.29, 1.82) is 0 Å². The Hall–Kier alpha value is -2.41. The molecule has 0 aliphatic rings. The van der Waals surface area contributed by atoms with Gasteiger partial charge in [-0.3, -0.25) is 4.79 Å². The van der Waals surface area contributed by atoms with Crippen molar-refractivity contribution in [3.63, 3.8) is 0 Å². The molecule has 0 bridgehead atoms. The van der Waals surface area contributed by atoms with Crippen molar-refractivity contribution in [3.05, 3.63) is 73.8 Å². The van der Waals surface area contributed by atoms with E-state index in [0.29, 0.717) is 27.3 Å². The summed E-state index contributed by atoms with van der Waals surface area (Å²) in [4.78, 5) is 19.1. The van der Waals surface area contributed by atoms with Crippen LogP contribution in [-0.2, 0) is 6.54 Å². The van der Waals surface area contributed by atoms with E-state index in [4.69, 9.17) is 23.2 Å². The highest BCUT2D eigenvalue weighted by molar-refractivity contribution is 7.20. The van der Waals surface area contributed by atoms with Gasteiger partial charge in [0.15, 0.2) is 0 Å². The zero-order chi connectivity index (χ0) is 20.7. The van der Waals surface area contributed by atoms with E-state index >= 15 is 0 Å². The second kappa shape index (κ2) is 7.78. The van der Waals surface area contributed by atoms with Gasteiger partial charge < -0.3 is 5.32 Å². The van der Waals surface area contributed by atoms with Crippen LogP contribution in [0.1, 0.15) is 32.1 Å². The fourth-order valence-corrected chi connectivity index (χ4v) is 5.05. The maximum Gasteiger partial charge on any atom is 0.267 e. The number of benzene rings is 1. The van der Waals surface area contributed by atoms with E-state index in [1.807, 2.05) is 32.9 Å². The molecule has 0 spiro atoms. The van der Waals surface area contributed by atoms with Crippen LogP contribution < -0.4 is 5.32 Å². The van der Waals surface area contributed by atoms with Crippen LogP contribution in [-0.4, -0.2) is 20.7 Å². The Morgan fingerprint density at radius 3 is 2.72 bits per heavy atom. The molecule has 29 heavy (non-hydrogen) atoms. The number of halogens is 2. The normalized spacial score (nSPS) is 11.2. The minimum atomic E-state index is -0.175. The number of aryl methyl sites for hydroxylation is 3. The van der Waals surface area contributed by atoms with Gasteiger partial charge in [0.25, 0.3) is 5.91 Å². The maximum atomic E-state index is 13.0. The average molecular weight is 445 g/mol. The Bertz CT molecular complexity index is 1250. The van der Waals surface area contributed by atoms with Crippen molar-refractivity contribution < 1.29 is 4.79 Å². The molecule has 1 aromatic carbocycles. The number of aromatic nitrogens is 3. The summed E-state index contributed by atoms with van der Waals surface area (Å²) in [6.45, 7) is 6.39. The summed E-state index contributed by atoms with van der Waals surface area (Å²) in [5.41, 5.74) is 3.88. The first-order chi connectivity index (χ1) is 13.8. The number of amides is 1. The second-order valence-electron chi connectivity index (χ2n) is 6.88. The minimum Gasteiger partial charge on any atom is -0.306 e. The number of pyridine rings is 1. The largest absolute Gasteiger partial charge is 0.306 e. The molecule has 3 heterocycles. The van der Waals surface area contributed by atoms with Gasteiger partial charge in [-0.2, -0.15) is 5.10 Å². The fraction of sp³-hybridized carbons (Fsp3) is 0.190. The SMILES string of the molecule is Cc1cc(C)c2c(C)c(C(=O)Nc3ccnn3Cc3ccc(Cl)cc3Cl)sc2n1. The molecular weight excluding hydrogens is 427 g/mol. The first-order valence-electron chi connectivity index (χ1n) is 8.98. The molecule has 0 saturated carbocycles. The molecule has 0 fully saturated rings. The van der Waals surface area contributed by atoms with Gasteiger partial charge in [0, 0.05) is 27.2 Å². The molecule has 0 aliphatic carbocycles. The highest BCUT2D eigenvalue weighted by Gasteiger charge is 2.19. The smallest absolute Gasteiger partial charge is 0.267 e. The number of rotatable bonds is 4. The van der Waals surface area contributed by atoms with Gasteiger partial charge >= 0.3 is 0 Å². The van der Waals surface area contributed by atoms with Crippen molar-refractivity contribution >= 4 is 56.5 Å². The van der Waals surface area contributed by atoms with Gasteiger partial charge in [-0.15, -0.1) is 11.3 Å². The first-order valence-corrected chi connectivity index (χ1v) is 10.5. The lowest BCUT2D eigenvalue weighted by molar-refractivity contribution is 0.102. The molecule has 8 heteroatoms. The minimum absolute atomic E-state index is 0.175. The van der Waals surface area contributed by atoms with E-state index < -0.39 is 0 Å². The monoisotopic (exact) mass is 444 g/mol. The predicted molar refractivity (Wildman–Crippen MR) is 120 cm³/mol. The van der Waals surface area contributed by atoms with Crippen LogP contribution in [0.25, 0.3) is 10.2 Å². The molecule has 5 nitrogen and oxygen atoms in total. The average Bonchev–Trinajstić information content (AvgIpc) is 3.21. The molecule has 0 radical (unpaired) electrons. The van der Waals surface area contributed by atoms with E-state index in [2.05, 4.69) is 15.4 Å². The summed E-state index contributed by atoms with van der Waals surface area (Å²) in [5, 5.41) is 9.47. The third-order valence-corrected chi connectivity index (χ3v) is 6.50. The molecule has 0 aliphatic heterocycles. The third kappa shape index (κ3) is 3.88. The number of nitrogens with one attached hydrogen (secondary N) is 1. The molecule has 4 aromatic rings. The van der Waals surface area contributed by atoms with Crippen LogP contribution in [0.5, 0.6) is 0 Å². The number of nitrogens with zero attached hydrogens (tertiary/aromatic N) is 3. The van der Waals surface area contributed by atoms with Gasteiger partial charge in [-0.25, -0.2) is 9.67 Å². The van der Waals surface area contributed by atoms with E-state index in [1.54, 1.807) is 29.1 Å². The van der Waals surface area contributed by atoms with Crippen LogP contribution in [0.15, 0.2) is 36.5 Å². The third-order valence-electron chi connectivity index (χ3n) is 4.73. The zero-order valence-electron chi connectivity index (χ0n) is 16.1. The van der Waals surface area contributed by atoms with Gasteiger partial charge in [0.05, 0.1) is 17.6 Å². The number of hydrogen-bond acceptors (Lipinski definition) is 4. The van der Waals surface area contributed by atoms with Crippen molar-refractivity contribution in [2.45, 2.75) is 27.3 Å². The molecule has 0 unspecified atom stereocenters. The lowest BCUT2D eigenvalue weighted by atomic mass is 10.1. The summed E-state index contributed by atoms with van der Waals surface area (Å²) < 4.78 is 1.70. The number of carbonyl (C=O) groups excluding carboxylic acids is 1. The Labute approximate surface area is 182 Å². The molecule has 3 aromatic heterocycles. The molecule has 1 N–H and O–H groups in total. The van der Waals surface area contributed by atoms with Crippen molar-refractivity contribution in [3.8, 4) is 0 Å². The molecule has 4 rings (SSSR count). The van der Waals surface area contributed by atoms with E-state index in [9.17, 15) is 4.79 Å². The summed E-state index contributed by atoms with van der Waals surface area (Å²) >= 11 is 13.7. The Morgan fingerprint density at radius 2 is 1.97 bits per heavy atom. The number of thiophene rings is 1. The Kier molecular flexibility index (Phi) is 5.34. The Balaban J connectivity index is 1.62. The number of hydrogen-bond donors (Lipinski definition) is 1. The first kappa shape index (κ1) is 19.9. The summed E-state index contributed by atoms with van der Waals surface area (Å²) in [5.74, 6) is 0.422. The van der Waals surface area contributed by atoms with Crippen molar-refractivity contribution in [2.24, 2.45) is 0 Å². The van der Waals surface area contributed by atoms with Gasteiger partial charge in [-0.05, 0) is 55.7 Å².